The zero-order valence-electron chi connectivity index (χ0n) is 6.48. The van der Waals surface area contributed by atoms with E-state index in [0.29, 0.717) is 6.42 Å². The van der Waals surface area contributed by atoms with Crippen LogP contribution in [-0.2, 0) is 4.74 Å². The minimum absolute atomic E-state index is 0.203. The molecule has 0 spiro atoms. The maximum Gasteiger partial charge on any atom is 0.103 e. The highest BCUT2D eigenvalue weighted by atomic mass is 19.1. The van der Waals surface area contributed by atoms with Crippen LogP contribution in [0.4, 0.5) is 4.39 Å². The Kier molecular flexibility index (Phi) is 3.13. The van der Waals surface area contributed by atoms with Gasteiger partial charge in [-0.1, -0.05) is 0 Å². The van der Waals surface area contributed by atoms with Crippen LogP contribution in [0.5, 0.6) is 0 Å². The van der Waals surface area contributed by atoms with Crippen LogP contribution in [0.1, 0.15) is 32.6 Å². The molecule has 1 saturated carbocycles. The summed E-state index contributed by atoms with van der Waals surface area (Å²) in [4.78, 5) is 0. The minimum atomic E-state index is -0.606. The van der Waals surface area contributed by atoms with Crippen LogP contribution in [0.25, 0.3) is 0 Å². The molecule has 1 nitrogen and oxygen atoms in total. The Bertz CT molecular complexity index is 93.3. The van der Waals surface area contributed by atoms with Gasteiger partial charge >= 0.3 is 0 Å². The van der Waals surface area contributed by atoms with Gasteiger partial charge in [-0.15, -0.1) is 0 Å². The quantitative estimate of drug-likeness (QED) is 0.581. The van der Waals surface area contributed by atoms with E-state index < -0.39 is 6.17 Å². The number of hydrogen-bond acceptors (Lipinski definition) is 1. The van der Waals surface area contributed by atoms with Crippen molar-refractivity contribution >= 4 is 0 Å². The van der Waals surface area contributed by atoms with Crippen LogP contribution in [0.15, 0.2) is 0 Å². The van der Waals surface area contributed by atoms with Crippen molar-refractivity contribution in [3.8, 4) is 0 Å². The highest BCUT2D eigenvalue weighted by Gasteiger charge is 2.20. The van der Waals surface area contributed by atoms with Gasteiger partial charge in [0.2, 0.25) is 0 Å². The Morgan fingerprint density at radius 3 is 2.90 bits per heavy atom. The molecule has 1 aliphatic rings. The molecule has 60 valence electrons. The SMILES string of the molecule is CCOC1CCCC(F)C1. The fourth-order valence-electron chi connectivity index (χ4n) is 1.48. The Labute approximate surface area is 61.6 Å². The van der Waals surface area contributed by atoms with Gasteiger partial charge in [-0.3, -0.25) is 0 Å². The van der Waals surface area contributed by atoms with E-state index in [1.807, 2.05) is 6.92 Å². The zero-order valence-corrected chi connectivity index (χ0v) is 6.48. The molecule has 0 aromatic heterocycles. The molecule has 2 heteroatoms. The van der Waals surface area contributed by atoms with Crippen molar-refractivity contribution in [3.63, 3.8) is 0 Å². The Hall–Kier alpha value is -0.110. The fourth-order valence-corrected chi connectivity index (χ4v) is 1.48. The lowest BCUT2D eigenvalue weighted by molar-refractivity contribution is 0.0131. The first kappa shape index (κ1) is 7.99. The molecule has 2 atom stereocenters. The van der Waals surface area contributed by atoms with Gasteiger partial charge in [-0.2, -0.15) is 0 Å². The Balaban J connectivity index is 2.18. The van der Waals surface area contributed by atoms with E-state index in [0.717, 1.165) is 25.9 Å². The highest BCUT2D eigenvalue weighted by Crippen LogP contribution is 2.22. The number of ether oxygens (including phenoxy) is 1. The van der Waals surface area contributed by atoms with Gasteiger partial charge in [-0.05, 0) is 26.2 Å². The van der Waals surface area contributed by atoms with Crippen molar-refractivity contribution in [1.29, 1.82) is 0 Å². The predicted molar refractivity (Wildman–Crippen MR) is 38.8 cm³/mol. The largest absolute Gasteiger partial charge is 0.378 e. The summed E-state index contributed by atoms with van der Waals surface area (Å²) < 4.78 is 18.0. The van der Waals surface area contributed by atoms with Gasteiger partial charge in [0.1, 0.15) is 6.17 Å². The summed E-state index contributed by atoms with van der Waals surface area (Å²) in [6.45, 7) is 2.68. The van der Waals surface area contributed by atoms with Crippen molar-refractivity contribution in [2.24, 2.45) is 0 Å². The van der Waals surface area contributed by atoms with E-state index in [1.165, 1.54) is 0 Å². The molecular weight excluding hydrogens is 131 g/mol. The zero-order chi connectivity index (χ0) is 7.40. The maximum absolute atomic E-state index is 12.7. The topological polar surface area (TPSA) is 9.23 Å². The Morgan fingerprint density at radius 1 is 1.50 bits per heavy atom. The summed E-state index contributed by atoms with van der Waals surface area (Å²) >= 11 is 0. The first-order valence-corrected chi connectivity index (χ1v) is 4.08. The molecule has 0 aliphatic heterocycles. The van der Waals surface area contributed by atoms with Gasteiger partial charge in [0.25, 0.3) is 0 Å². The smallest absolute Gasteiger partial charge is 0.103 e. The molecule has 1 rings (SSSR count). The fraction of sp³-hybridized carbons (Fsp3) is 1.00. The van der Waals surface area contributed by atoms with Crippen LogP contribution in [0, 0.1) is 0 Å². The summed E-state index contributed by atoms with van der Waals surface area (Å²) in [6.07, 6.45) is 3.00. The van der Waals surface area contributed by atoms with Crippen LogP contribution in [0.3, 0.4) is 0 Å². The summed E-state index contributed by atoms with van der Waals surface area (Å²) in [5, 5.41) is 0. The molecule has 0 radical (unpaired) electrons. The first-order valence-electron chi connectivity index (χ1n) is 4.08. The molecule has 0 bridgehead atoms. The molecule has 0 saturated heterocycles. The van der Waals surface area contributed by atoms with Crippen molar-refractivity contribution in [2.75, 3.05) is 6.61 Å². The second-order valence-corrected chi connectivity index (χ2v) is 2.84. The molecule has 0 amide bonds. The van der Waals surface area contributed by atoms with Gasteiger partial charge < -0.3 is 4.74 Å². The lowest BCUT2D eigenvalue weighted by Crippen LogP contribution is -2.23. The molecule has 2 unspecified atom stereocenters. The van der Waals surface area contributed by atoms with Gasteiger partial charge in [0, 0.05) is 13.0 Å². The van der Waals surface area contributed by atoms with E-state index in [1.54, 1.807) is 0 Å². The molecule has 1 aliphatic carbocycles. The summed E-state index contributed by atoms with van der Waals surface area (Å²) in [5.74, 6) is 0. The van der Waals surface area contributed by atoms with Crippen LogP contribution in [-0.4, -0.2) is 18.9 Å². The monoisotopic (exact) mass is 146 g/mol. The van der Waals surface area contributed by atoms with Crippen molar-refractivity contribution in [1.82, 2.24) is 0 Å². The molecule has 0 aromatic carbocycles. The average Bonchev–Trinajstić information content (AvgIpc) is 1.88. The van der Waals surface area contributed by atoms with Gasteiger partial charge in [0.05, 0.1) is 6.10 Å². The number of hydrogen-bond donors (Lipinski definition) is 0. The van der Waals surface area contributed by atoms with E-state index in [4.69, 9.17) is 4.74 Å². The van der Waals surface area contributed by atoms with Crippen molar-refractivity contribution in [3.05, 3.63) is 0 Å². The van der Waals surface area contributed by atoms with E-state index in [9.17, 15) is 4.39 Å². The number of halogens is 1. The maximum atomic E-state index is 12.7. The summed E-state index contributed by atoms with van der Waals surface area (Å²) in [7, 11) is 0. The third-order valence-corrected chi connectivity index (χ3v) is 1.96. The van der Waals surface area contributed by atoms with Crippen molar-refractivity contribution in [2.45, 2.75) is 44.9 Å². The molecule has 1 fully saturated rings. The third-order valence-electron chi connectivity index (χ3n) is 1.96. The third kappa shape index (κ3) is 2.25. The van der Waals surface area contributed by atoms with Crippen LogP contribution >= 0.6 is 0 Å². The van der Waals surface area contributed by atoms with E-state index >= 15 is 0 Å². The standard InChI is InChI=1S/C8H15FO/c1-2-10-8-5-3-4-7(9)6-8/h7-8H,2-6H2,1H3. The minimum Gasteiger partial charge on any atom is -0.378 e. The Morgan fingerprint density at radius 2 is 2.30 bits per heavy atom. The molecule has 10 heavy (non-hydrogen) atoms. The molecular formula is C8H15FO. The van der Waals surface area contributed by atoms with E-state index in [-0.39, 0.29) is 6.10 Å². The number of alkyl halides is 1. The summed E-state index contributed by atoms with van der Waals surface area (Å²) in [6, 6.07) is 0. The molecule has 0 N–H and O–H groups in total. The summed E-state index contributed by atoms with van der Waals surface area (Å²) in [5.41, 5.74) is 0. The second kappa shape index (κ2) is 3.91. The first-order chi connectivity index (χ1) is 4.83. The highest BCUT2D eigenvalue weighted by molar-refractivity contribution is 4.72. The van der Waals surface area contributed by atoms with Crippen LogP contribution in [0.2, 0.25) is 0 Å². The molecule has 0 heterocycles. The van der Waals surface area contributed by atoms with Gasteiger partial charge in [0.15, 0.2) is 0 Å². The van der Waals surface area contributed by atoms with Crippen molar-refractivity contribution < 1.29 is 9.13 Å². The predicted octanol–water partition coefficient (Wildman–Crippen LogP) is 2.30. The lowest BCUT2D eigenvalue weighted by Gasteiger charge is -2.23. The van der Waals surface area contributed by atoms with Crippen LogP contribution < -0.4 is 0 Å². The lowest BCUT2D eigenvalue weighted by atomic mass is 9.96. The average molecular weight is 146 g/mol. The van der Waals surface area contributed by atoms with Gasteiger partial charge in [-0.25, -0.2) is 4.39 Å². The van der Waals surface area contributed by atoms with E-state index in [2.05, 4.69) is 0 Å². The second-order valence-electron chi connectivity index (χ2n) is 2.84. The molecule has 0 aromatic rings. The number of rotatable bonds is 2. The normalized spacial score (nSPS) is 34.2.